The number of hydrazone groups is 1. The smallest absolute Gasteiger partial charge is 0.338 e. The zero-order valence-electron chi connectivity index (χ0n) is 20.6. The number of ether oxygens (including phenoxy) is 1. The molecule has 0 saturated heterocycles. The molecular formula is C26H28N4O6. The van der Waals surface area contributed by atoms with Crippen molar-refractivity contribution in [3.8, 4) is 0 Å². The highest BCUT2D eigenvalue weighted by Crippen LogP contribution is 2.69. The summed E-state index contributed by atoms with van der Waals surface area (Å²) < 4.78 is 4.98. The number of hydrogen-bond acceptors (Lipinski definition) is 8. The Bertz CT molecular complexity index is 1270. The molecule has 10 nitrogen and oxygen atoms in total. The van der Waals surface area contributed by atoms with Gasteiger partial charge in [0.25, 0.3) is 5.69 Å². The molecule has 2 fully saturated rings. The molecule has 2 bridgehead atoms. The van der Waals surface area contributed by atoms with E-state index in [0.29, 0.717) is 29.8 Å². The van der Waals surface area contributed by atoms with Gasteiger partial charge in [-0.3, -0.25) is 25.1 Å². The van der Waals surface area contributed by atoms with Gasteiger partial charge in [0.15, 0.2) is 5.78 Å². The van der Waals surface area contributed by atoms with Crippen LogP contribution in [-0.2, 0) is 14.3 Å². The third-order valence-corrected chi connectivity index (χ3v) is 7.99. The zero-order chi connectivity index (χ0) is 26.3. The fourth-order valence-electron chi connectivity index (χ4n) is 5.39. The molecular weight excluding hydrogens is 464 g/mol. The van der Waals surface area contributed by atoms with E-state index in [4.69, 9.17) is 4.74 Å². The predicted octanol–water partition coefficient (Wildman–Crippen LogP) is 4.57. The van der Waals surface area contributed by atoms with Gasteiger partial charge in [-0.15, -0.1) is 0 Å². The Labute approximate surface area is 208 Å². The number of nitrogens with zero attached hydrogens (tertiary/aromatic N) is 2. The number of esters is 1. The number of hydrogen-bond donors (Lipinski definition) is 2. The summed E-state index contributed by atoms with van der Waals surface area (Å²) in [5.41, 5.74) is 1.71. The number of non-ortho nitro benzene ring substituents is 1. The van der Waals surface area contributed by atoms with Crippen LogP contribution in [-0.4, -0.2) is 34.9 Å². The standard InChI is InChI=1S/C26H28N4O6/c1-5-36-22(32)16-6-8-17(9-7-16)27-23(33)26-15-14-25(4,24(26,2)3)20(21(26)31)29-28-18-10-12-19(13-11-18)30(34)35/h6-13,28H,5,14-15H2,1-4H3,(H,27,33)/b29-20+. The van der Waals surface area contributed by atoms with Crippen LogP contribution in [0.1, 0.15) is 50.9 Å². The molecule has 2 atom stereocenters. The van der Waals surface area contributed by atoms with Crippen molar-refractivity contribution in [1.29, 1.82) is 0 Å². The molecule has 2 N–H and O–H groups in total. The minimum absolute atomic E-state index is 0.0526. The summed E-state index contributed by atoms with van der Waals surface area (Å²) in [4.78, 5) is 49.7. The van der Waals surface area contributed by atoms with E-state index in [1.165, 1.54) is 24.3 Å². The van der Waals surface area contributed by atoms with Gasteiger partial charge in [0, 0.05) is 23.2 Å². The first-order valence-electron chi connectivity index (χ1n) is 11.7. The monoisotopic (exact) mass is 492 g/mol. The van der Waals surface area contributed by atoms with E-state index >= 15 is 0 Å². The zero-order valence-corrected chi connectivity index (χ0v) is 20.6. The number of fused-ring (bicyclic) bond motifs is 2. The number of carbonyl (C=O) groups is 3. The number of benzene rings is 2. The average Bonchev–Trinajstić information content (AvgIpc) is 3.13. The number of anilines is 2. The first kappa shape index (κ1) is 25.0. The van der Waals surface area contributed by atoms with E-state index in [-0.39, 0.29) is 23.8 Å². The normalized spacial score (nSPS) is 25.0. The molecule has 36 heavy (non-hydrogen) atoms. The van der Waals surface area contributed by atoms with Crippen LogP contribution in [0.4, 0.5) is 17.1 Å². The van der Waals surface area contributed by atoms with Gasteiger partial charge in [0.05, 0.1) is 22.8 Å². The van der Waals surface area contributed by atoms with Crippen molar-refractivity contribution in [2.75, 3.05) is 17.3 Å². The maximum atomic E-state index is 13.7. The SMILES string of the molecule is CCOC(=O)c1ccc(NC(=O)C23CCC(C)(/C(=N/Nc4ccc([N+](=O)[O-])cc4)C2=O)C3(C)C)cc1. The highest BCUT2D eigenvalue weighted by molar-refractivity contribution is 6.51. The Hall–Kier alpha value is -4.08. The molecule has 4 rings (SSSR count). The average molecular weight is 493 g/mol. The van der Waals surface area contributed by atoms with Gasteiger partial charge in [-0.1, -0.05) is 20.8 Å². The van der Waals surface area contributed by atoms with E-state index < -0.39 is 33.0 Å². The number of nitro benzene ring substituents is 1. The van der Waals surface area contributed by atoms with Crippen LogP contribution in [0, 0.1) is 26.4 Å². The van der Waals surface area contributed by atoms with E-state index in [0.717, 1.165) is 0 Å². The summed E-state index contributed by atoms with van der Waals surface area (Å²) >= 11 is 0. The Morgan fingerprint density at radius 2 is 1.64 bits per heavy atom. The lowest BCUT2D eigenvalue weighted by Gasteiger charge is -2.37. The van der Waals surface area contributed by atoms with E-state index in [1.807, 2.05) is 20.8 Å². The van der Waals surface area contributed by atoms with Crippen molar-refractivity contribution in [2.24, 2.45) is 21.3 Å². The number of nitro groups is 1. The molecule has 10 heteroatoms. The molecule has 1 amide bonds. The maximum Gasteiger partial charge on any atom is 0.338 e. The summed E-state index contributed by atoms with van der Waals surface area (Å²) in [5.74, 6) is -1.20. The molecule has 2 aromatic carbocycles. The lowest BCUT2D eigenvalue weighted by Crippen LogP contribution is -2.47. The number of amides is 1. The molecule has 188 valence electrons. The number of nitrogens with one attached hydrogen (secondary N) is 2. The summed E-state index contributed by atoms with van der Waals surface area (Å²) in [6.45, 7) is 7.75. The van der Waals surface area contributed by atoms with Crippen molar-refractivity contribution in [3.05, 3.63) is 64.2 Å². The second kappa shape index (κ2) is 8.85. The van der Waals surface area contributed by atoms with Gasteiger partial charge < -0.3 is 10.1 Å². The van der Waals surface area contributed by atoms with Gasteiger partial charge in [-0.05, 0) is 61.6 Å². The van der Waals surface area contributed by atoms with Crippen molar-refractivity contribution in [2.45, 2.75) is 40.5 Å². The Morgan fingerprint density at radius 3 is 2.22 bits per heavy atom. The van der Waals surface area contributed by atoms with E-state index in [9.17, 15) is 24.5 Å². The maximum absolute atomic E-state index is 13.7. The fourth-order valence-corrected chi connectivity index (χ4v) is 5.39. The van der Waals surface area contributed by atoms with E-state index in [2.05, 4.69) is 15.8 Å². The largest absolute Gasteiger partial charge is 0.462 e. The summed E-state index contributed by atoms with van der Waals surface area (Å²) in [6.07, 6.45) is 0.986. The van der Waals surface area contributed by atoms with Gasteiger partial charge in [-0.2, -0.15) is 5.10 Å². The molecule has 2 unspecified atom stereocenters. The van der Waals surface area contributed by atoms with Crippen molar-refractivity contribution in [1.82, 2.24) is 0 Å². The molecule has 0 aliphatic heterocycles. The molecule has 2 aliphatic carbocycles. The lowest BCUT2D eigenvalue weighted by atomic mass is 9.64. The number of Topliss-reactive ketones (excluding diaryl/α,β-unsaturated/α-hetero) is 1. The lowest BCUT2D eigenvalue weighted by molar-refractivity contribution is -0.384. The topological polar surface area (TPSA) is 140 Å². The predicted molar refractivity (Wildman–Crippen MR) is 134 cm³/mol. The van der Waals surface area contributed by atoms with Crippen LogP contribution < -0.4 is 10.7 Å². The third kappa shape index (κ3) is 3.64. The quantitative estimate of drug-likeness (QED) is 0.250. The van der Waals surface area contributed by atoms with E-state index in [1.54, 1.807) is 31.2 Å². The molecule has 0 spiro atoms. The van der Waals surface area contributed by atoms with Crippen LogP contribution >= 0.6 is 0 Å². The molecule has 2 saturated carbocycles. The highest BCUT2D eigenvalue weighted by atomic mass is 16.6. The Kier molecular flexibility index (Phi) is 6.15. The minimum atomic E-state index is -1.31. The minimum Gasteiger partial charge on any atom is -0.462 e. The Morgan fingerprint density at radius 1 is 1.03 bits per heavy atom. The van der Waals surface area contributed by atoms with Crippen LogP contribution in [0.2, 0.25) is 0 Å². The summed E-state index contributed by atoms with van der Waals surface area (Å²) in [7, 11) is 0. The number of carbonyl (C=O) groups excluding carboxylic acids is 3. The summed E-state index contributed by atoms with van der Waals surface area (Å²) in [6, 6.07) is 12.0. The molecule has 0 heterocycles. The highest BCUT2D eigenvalue weighted by Gasteiger charge is 2.76. The second-order valence-corrected chi connectivity index (χ2v) is 9.82. The van der Waals surface area contributed by atoms with Crippen LogP contribution in [0.25, 0.3) is 0 Å². The van der Waals surface area contributed by atoms with Crippen LogP contribution in [0.15, 0.2) is 53.6 Å². The molecule has 0 radical (unpaired) electrons. The van der Waals surface area contributed by atoms with Crippen LogP contribution in [0.3, 0.4) is 0 Å². The van der Waals surface area contributed by atoms with Gasteiger partial charge in [0.2, 0.25) is 5.91 Å². The third-order valence-electron chi connectivity index (χ3n) is 7.99. The van der Waals surface area contributed by atoms with Crippen molar-refractivity contribution in [3.63, 3.8) is 0 Å². The van der Waals surface area contributed by atoms with Gasteiger partial charge in [0.1, 0.15) is 11.1 Å². The van der Waals surface area contributed by atoms with Crippen molar-refractivity contribution >= 4 is 40.4 Å². The fraction of sp³-hybridized carbons (Fsp3) is 0.385. The Balaban J connectivity index is 1.59. The molecule has 2 aromatic rings. The first-order valence-corrected chi connectivity index (χ1v) is 11.7. The second-order valence-electron chi connectivity index (χ2n) is 9.82. The molecule has 2 aliphatic rings. The first-order chi connectivity index (χ1) is 17.0. The number of ketones is 1. The van der Waals surface area contributed by atoms with Crippen molar-refractivity contribution < 1.29 is 24.0 Å². The molecule has 0 aromatic heterocycles. The number of rotatable bonds is 7. The van der Waals surface area contributed by atoms with Gasteiger partial charge in [-0.25, -0.2) is 4.79 Å². The van der Waals surface area contributed by atoms with Crippen LogP contribution in [0.5, 0.6) is 0 Å². The van der Waals surface area contributed by atoms with Gasteiger partial charge >= 0.3 is 5.97 Å². The summed E-state index contributed by atoms with van der Waals surface area (Å²) in [5, 5.41) is 18.1.